The van der Waals surface area contributed by atoms with Crippen molar-refractivity contribution in [1.29, 1.82) is 0 Å². The number of anilines is 1. The number of hydrogen-bond acceptors (Lipinski definition) is 4. The molecule has 0 bridgehead atoms. The first-order valence-corrected chi connectivity index (χ1v) is 7.81. The van der Waals surface area contributed by atoms with E-state index in [1.165, 1.54) is 5.56 Å². The molecule has 1 aliphatic rings. The SMILES string of the molecule is Cc1ccc(-c2cnccc2-c2nc3n(c2N)CCNC3)cc1. The molecule has 3 heterocycles. The molecule has 0 atom stereocenters. The van der Waals surface area contributed by atoms with Gasteiger partial charge >= 0.3 is 0 Å². The number of nitrogens with one attached hydrogen (secondary N) is 1. The third-order valence-electron chi connectivity index (χ3n) is 4.32. The lowest BCUT2D eigenvalue weighted by Gasteiger charge is -2.15. The van der Waals surface area contributed by atoms with Crippen LogP contribution < -0.4 is 11.1 Å². The number of pyridine rings is 1. The van der Waals surface area contributed by atoms with Gasteiger partial charge in [-0.25, -0.2) is 4.98 Å². The number of aromatic nitrogens is 3. The zero-order valence-electron chi connectivity index (χ0n) is 13.1. The quantitative estimate of drug-likeness (QED) is 0.763. The average Bonchev–Trinajstić information content (AvgIpc) is 2.93. The Balaban J connectivity index is 1.87. The summed E-state index contributed by atoms with van der Waals surface area (Å²) < 4.78 is 2.10. The highest BCUT2D eigenvalue weighted by Gasteiger charge is 2.20. The van der Waals surface area contributed by atoms with Crippen LogP contribution >= 0.6 is 0 Å². The summed E-state index contributed by atoms with van der Waals surface area (Å²) in [5, 5.41) is 3.33. The highest BCUT2D eigenvalue weighted by atomic mass is 15.2. The second-order valence-corrected chi connectivity index (χ2v) is 5.88. The van der Waals surface area contributed by atoms with Gasteiger partial charge in [-0.15, -0.1) is 0 Å². The first-order chi connectivity index (χ1) is 11.2. The monoisotopic (exact) mass is 305 g/mol. The van der Waals surface area contributed by atoms with Crippen LogP contribution in [0.5, 0.6) is 0 Å². The fourth-order valence-electron chi connectivity index (χ4n) is 3.05. The molecule has 0 radical (unpaired) electrons. The van der Waals surface area contributed by atoms with Crippen LogP contribution in [0.1, 0.15) is 11.4 Å². The Morgan fingerprint density at radius 1 is 1.13 bits per heavy atom. The van der Waals surface area contributed by atoms with Gasteiger partial charge in [-0.2, -0.15) is 0 Å². The molecule has 5 heteroatoms. The maximum absolute atomic E-state index is 6.38. The fourth-order valence-corrected chi connectivity index (χ4v) is 3.05. The largest absolute Gasteiger partial charge is 0.383 e. The molecule has 116 valence electrons. The zero-order chi connectivity index (χ0) is 15.8. The van der Waals surface area contributed by atoms with Crippen molar-refractivity contribution in [3.05, 3.63) is 54.1 Å². The maximum Gasteiger partial charge on any atom is 0.131 e. The molecular weight excluding hydrogens is 286 g/mol. The van der Waals surface area contributed by atoms with E-state index in [1.54, 1.807) is 6.20 Å². The van der Waals surface area contributed by atoms with Gasteiger partial charge in [0.2, 0.25) is 0 Å². The molecule has 0 fully saturated rings. The van der Waals surface area contributed by atoms with Gasteiger partial charge in [-0.1, -0.05) is 29.8 Å². The molecule has 0 unspecified atom stereocenters. The molecule has 0 aliphatic carbocycles. The molecule has 0 spiro atoms. The number of benzene rings is 1. The van der Waals surface area contributed by atoms with E-state index in [2.05, 4.69) is 46.1 Å². The van der Waals surface area contributed by atoms with Gasteiger partial charge in [0, 0.05) is 36.6 Å². The Bertz CT molecular complexity index is 848. The molecule has 1 aliphatic heterocycles. The van der Waals surface area contributed by atoms with E-state index in [1.807, 2.05) is 12.3 Å². The van der Waals surface area contributed by atoms with Crippen molar-refractivity contribution in [3.63, 3.8) is 0 Å². The minimum absolute atomic E-state index is 0.737. The van der Waals surface area contributed by atoms with Crippen LogP contribution in [0.2, 0.25) is 0 Å². The van der Waals surface area contributed by atoms with Crippen LogP contribution in [0.4, 0.5) is 5.82 Å². The highest BCUT2D eigenvalue weighted by Crippen LogP contribution is 2.34. The zero-order valence-corrected chi connectivity index (χ0v) is 13.1. The summed E-state index contributed by atoms with van der Waals surface area (Å²) in [7, 11) is 0. The number of nitrogens with two attached hydrogens (primary N) is 1. The molecule has 0 saturated carbocycles. The topological polar surface area (TPSA) is 68.8 Å². The first-order valence-electron chi connectivity index (χ1n) is 7.81. The third kappa shape index (κ3) is 2.39. The van der Waals surface area contributed by atoms with Crippen molar-refractivity contribution < 1.29 is 0 Å². The van der Waals surface area contributed by atoms with Gasteiger partial charge < -0.3 is 15.6 Å². The molecule has 5 nitrogen and oxygen atoms in total. The minimum Gasteiger partial charge on any atom is -0.383 e. The molecule has 0 amide bonds. The van der Waals surface area contributed by atoms with Gasteiger partial charge in [0.05, 0.1) is 6.54 Å². The Hall–Kier alpha value is -2.66. The summed E-state index contributed by atoms with van der Waals surface area (Å²) in [4.78, 5) is 9.07. The number of hydrogen-bond donors (Lipinski definition) is 2. The Morgan fingerprint density at radius 2 is 1.96 bits per heavy atom. The summed E-state index contributed by atoms with van der Waals surface area (Å²) in [5.74, 6) is 1.73. The van der Waals surface area contributed by atoms with Gasteiger partial charge in [0.1, 0.15) is 17.3 Å². The van der Waals surface area contributed by atoms with Crippen molar-refractivity contribution >= 4 is 5.82 Å². The summed E-state index contributed by atoms with van der Waals surface area (Å²) in [6.45, 7) is 4.63. The van der Waals surface area contributed by atoms with E-state index in [-0.39, 0.29) is 0 Å². The van der Waals surface area contributed by atoms with Crippen molar-refractivity contribution in [1.82, 2.24) is 19.9 Å². The second kappa shape index (κ2) is 5.52. The van der Waals surface area contributed by atoms with Crippen molar-refractivity contribution in [2.24, 2.45) is 0 Å². The standard InChI is InChI=1S/C18H19N5/c1-12-2-4-13(5-3-12)15-10-20-7-6-14(15)17-18(19)23-9-8-21-11-16(23)22-17/h2-7,10,21H,8-9,11,19H2,1H3. The number of rotatable bonds is 2. The Kier molecular flexibility index (Phi) is 3.35. The molecule has 0 saturated heterocycles. The lowest BCUT2D eigenvalue weighted by atomic mass is 9.99. The molecule has 2 aromatic heterocycles. The molecule has 4 rings (SSSR count). The first kappa shape index (κ1) is 14.0. The number of imidazole rings is 1. The van der Waals surface area contributed by atoms with E-state index in [0.717, 1.165) is 53.7 Å². The van der Waals surface area contributed by atoms with E-state index in [0.29, 0.717) is 0 Å². The number of aryl methyl sites for hydroxylation is 1. The predicted octanol–water partition coefficient (Wildman–Crippen LogP) is 2.61. The summed E-state index contributed by atoms with van der Waals surface area (Å²) >= 11 is 0. The Labute approximate surface area is 135 Å². The van der Waals surface area contributed by atoms with E-state index < -0.39 is 0 Å². The van der Waals surface area contributed by atoms with Gasteiger partial charge in [0.25, 0.3) is 0 Å². The normalized spacial score (nSPS) is 13.8. The van der Waals surface area contributed by atoms with E-state index in [4.69, 9.17) is 10.7 Å². The smallest absolute Gasteiger partial charge is 0.131 e. The lowest BCUT2D eigenvalue weighted by molar-refractivity contribution is 0.509. The van der Waals surface area contributed by atoms with Crippen LogP contribution in [-0.4, -0.2) is 21.1 Å². The van der Waals surface area contributed by atoms with Crippen LogP contribution in [0, 0.1) is 6.92 Å². The molecule has 23 heavy (non-hydrogen) atoms. The van der Waals surface area contributed by atoms with Crippen LogP contribution in [0.15, 0.2) is 42.7 Å². The predicted molar refractivity (Wildman–Crippen MR) is 91.8 cm³/mol. The molecular formula is C18H19N5. The van der Waals surface area contributed by atoms with E-state index >= 15 is 0 Å². The number of fused-ring (bicyclic) bond motifs is 1. The summed E-state index contributed by atoms with van der Waals surface area (Å²) in [5.41, 5.74) is 11.7. The van der Waals surface area contributed by atoms with Crippen molar-refractivity contribution in [2.45, 2.75) is 20.0 Å². The minimum atomic E-state index is 0.737. The van der Waals surface area contributed by atoms with Crippen LogP contribution in [0.3, 0.4) is 0 Å². The summed E-state index contributed by atoms with van der Waals surface area (Å²) in [6.07, 6.45) is 3.68. The molecule has 3 N–H and O–H groups in total. The number of nitrogen functional groups attached to an aromatic ring is 1. The highest BCUT2D eigenvalue weighted by molar-refractivity contribution is 5.85. The van der Waals surface area contributed by atoms with E-state index in [9.17, 15) is 0 Å². The maximum atomic E-state index is 6.38. The van der Waals surface area contributed by atoms with Gasteiger partial charge in [0.15, 0.2) is 0 Å². The number of nitrogens with zero attached hydrogens (tertiary/aromatic N) is 3. The second-order valence-electron chi connectivity index (χ2n) is 5.88. The van der Waals surface area contributed by atoms with Crippen molar-refractivity contribution in [2.75, 3.05) is 12.3 Å². The molecule has 1 aromatic carbocycles. The van der Waals surface area contributed by atoms with Gasteiger partial charge in [-0.05, 0) is 18.6 Å². The Morgan fingerprint density at radius 3 is 2.74 bits per heavy atom. The summed E-state index contributed by atoms with van der Waals surface area (Å²) in [6, 6.07) is 10.4. The lowest BCUT2D eigenvalue weighted by Crippen LogP contribution is -2.28. The van der Waals surface area contributed by atoms with Gasteiger partial charge in [-0.3, -0.25) is 4.98 Å². The van der Waals surface area contributed by atoms with Crippen LogP contribution in [0.25, 0.3) is 22.4 Å². The fraction of sp³-hybridized carbons (Fsp3) is 0.222. The molecule has 3 aromatic rings. The third-order valence-corrected chi connectivity index (χ3v) is 4.32. The average molecular weight is 305 g/mol. The van der Waals surface area contributed by atoms with Crippen LogP contribution in [-0.2, 0) is 13.1 Å². The van der Waals surface area contributed by atoms with Crippen molar-refractivity contribution in [3.8, 4) is 22.4 Å².